The average molecular weight is 426 g/mol. The molecular weight excluding hydrogens is 404 g/mol. The van der Waals surface area contributed by atoms with Crippen molar-refractivity contribution in [1.29, 1.82) is 0 Å². The standard InChI is InChI=1S/C20H22N6O5/c1-25-16-15(19(30)26(2)20(25)31)24-14(11-23-16)18(29)22-10-4-3-9-21-17(28)12-5-7-13(27)8-6-12/h5-8,11,27H,3-4,9-10H2,1-2H3,(H,21,28)(H,22,29). The second-order valence-electron chi connectivity index (χ2n) is 6.90. The Morgan fingerprint density at radius 2 is 1.58 bits per heavy atom. The quantitative estimate of drug-likeness (QED) is 0.438. The second-order valence-corrected chi connectivity index (χ2v) is 6.90. The van der Waals surface area contributed by atoms with Gasteiger partial charge in [0, 0.05) is 32.7 Å². The van der Waals surface area contributed by atoms with E-state index >= 15 is 0 Å². The zero-order valence-electron chi connectivity index (χ0n) is 17.1. The van der Waals surface area contributed by atoms with Crippen molar-refractivity contribution in [1.82, 2.24) is 29.7 Å². The van der Waals surface area contributed by atoms with Crippen molar-refractivity contribution in [2.75, 3.05) is 13.1 Å². The number of phenolic OH excluding ortho intramolecular Hbond substituents is 1. The molecule has 0 radical (unpaired) electrons. The van der Waals surface area contributed by atoms with E-state index in [-0.39, 0.29) is 28.5 Å². The summed E-state index contributed by atoms with van der Waals surface area (Å²) in [7, 11) is 2.80. The van der Waals surface area contributed by atoms with Crippen molar-refractivity contribution in [3.63, 3.8) is 0 Å². The topological polar surface area (TPSA) is 148 Å². The Bertz CT molecular complexity index is 1250. The molecule has 0 aliphatic rings. The molecule has 11 nitrogen and oxygen atoms in total. The Hall–Kier alpha value is -4.02. The zero-order valence-corrected chi connectivity index (χ0v) is 17.1. The minimum Gasteiger partial charge on any atom is -0.508 e. The van der Waals surface area contributed by atoms with Gasteiger partial charge in [-0.1, -0.05) is 0 Å². The number of phenols is 1. The van der Waals surface area contributed by atoms with Gasteiger partial charge in [0.15, 0.2) is 11.2 Å². The van der Waals surface area contributed by atoms with Crippen LogP contribution in [0.3, 0.4) is 0 Å². The Morgan fingerprint density at radius 1 is 0.968 bits per heavy atom. The predicted octanol–water partition coefficient (Wildman–Crippen LogP) is -0.327. The van der Waals surface area contributed by atoms with E-state index in [0.717, 1.165) is 4.57 Å². The van der Waals surface area contributed by atoms with Crippen LogP contribution in [0, 0.1) is 0 Å². The summed E-state index contributed by atoms with van der Waals surface area (Å²) in [5, 5.41) is 14.7. The number of benzene rings is 1. The van der Waals surface area contributed by atoms with E-state index in [2.05, 4.69) is 20.6 Å². The lowest BCUT2D eigenvalue weighted by Gasteiger charge is -2.08. The molecular formula is C20H22N6O5. The number of hydrogen-bond acceptors (Lipinski definition) is 7. The molecule has 0 aliphatic carbocycles. The molecule has 2 amide bonds. The minimum absolute atomic E-state index is 0.0242. The first-order valence-electron chi connectivity index (χ1n) is 9.58. The van der Waals surface area contributed by atoms with E-state index in [0.29, 0.717) is 31.5 Å². The molecule has 0 bridgehead atoms. The van der Waals surface area contributed by atoms with Crippen molar-refractivity contribution in [3.8, 4) is 5.75 Å². The molecule has 0 spiro atoms. The molecule has 3 aromatic rings. The third-order valence-corrected chi connectivity index (χ3v) is 4.69. The molecule has 0 saturated heterocycles. The summed E-state index contributed by atoms with van der Waals surface area (Å²) in [5.74, 6) is -0.641. The lowest BCUT2D eigenvalue weighted by Crippen LogP contribution is -2.38. The molecule has 0 saturated carbocycles. The number of fused-ring (bicyclic) bond motifs is 1. The van der Waals surface area contributed by atoms with Gasteiger partial charge in [0.05, 0.1) is 6.20 Å². The molecule has 0 unspecified atom stereocenters. The summed E-state index contributed by atoms with van der Waals surface area (Å²) in [6.07, 6.45) is 2.46. The number of rotatable bonds is 7. The highest BCUT2D eigenvalue weighted by atomic mass is 16.3. The second kappa shape index (κ2) is 9.20. The first-order chi connectivity index (χ1) is 14.8. The first-order valence-corrected chi connectivity index (χ1v) is 9.58. The molecule has 2 aromatic heterocycles. The number of unbranched alkanes of at least 4 members (excludes halogenated alkanes) is 1. The molecule has 2 heterocycles. The van der Waals surface area contributed by atoms with Gasteiger partial charge in [0.25, 0.3) is 17.4 Å². The third-order valence-electron chi connectivity index (χ3n) is 4.69. The molecule has 11 heteroatoms. The number of nitrogens with one attached hydrogen (secondary N) is 2. The maximum absolute atomic E-state index is 12.3. The molecule has 0 fully saturated rings. The molecule has 1 aromatic carbocycles. The Morgan fingerprint density at radius 3 is 2.23 bits per heavy atom. The molecule has 3 rings (SSSR count). The van der Waals surface area contributed by atoms with Gasteiger partial charge >= 0.3 is 5.69 Å². The van der Waals surface area contributed by atoms with E-state index in [1.807, 2.05) is 0 Å². The Kier molecular flexibility index (Phi) is 6.43. The van der Waals surface area contributed by atoms with Gasteiger partial charge in [-0.25, -0.2) is 14.8 Å². The van der Waals surface area contributed by atoms with Crippen LogP contribution in [0.2, 0.25) is 0 Å². The highest BCUT2D eigenvalue weighted by molar-refractivity contribution is 5.94. The van der Waals surface area contributed by atoms with Crippen LogP contribution in [0.4, 0.5) is 0 Å². The van der Waals surface area contributed by atoms with Crippen molar-refractivity contribution in [3.05, 3.63) is 62.6 Å². The van der Waals surface area contributed by atoms with Gasteiger partial charge in [-0.15, -0.1) is 0 Å². The van der Waals surface area contributed by atoms with Crippen molar-refractivity contribution >= 4 is 23.0 Å². The fourth-order valence-corrected chi connectivity index (χ4v) is 2.90. The monoisotopic (exact) mass is 426 g/mol. The fourth-order valence-electron chi connectivity index (χ4n) is 2.90. The predicted molar refractivity (Wildman–Crippen MR) is 112 cm³/mol. The van der Waals surface area contributed by atoms with Gasteiger partial charge < -0.3 is 15.7 Å². The lowest BCUT2D eigenvalue weighted by atomic mass is 10.2. The average Bonchev–Trinajstić information content (AvgIpc) is 2.78. The third kappa shape index (κ3) is 4.77. The summed E-state index contributed by atoms with van der Waals surface area (Å²) in [4.78, 5) is 56.6. The summed E-state index contributed by atoms with van der Waals surface area (Å²) in [6, 6.07) is 5.94. The number of aryl methyl sites for hydroxylation is 1. The van der Waals surface area contributed by atoms with Crippen LogP contribution in [0.5, 0.6) is 5.75 Å². The van der Waals surface area contributed by atoms with Crippen molar-refractivity contribution in [2.24, 2.45) is 14.1 Å². The van der Waals surface area contributed by atoms with Gasteiger partial charge in [-0.2, -0.15) is 0 Å². The largest absolute Gasteiger partial charge is 0.508 e. The number of amides is 2. The molecule has 0 atom stereocenters. The van der Waals surface area contributed by atoms with Gasteiger partial charge in [0.2, 0.25) is 0 Å². The molecule has 162 valence electrons. The van der Waals surface area contributed by atoms with Crippen LogP contribution in [0.15, 0.2) is 40.1 Å². The van der Waals surface area contributed by atoms with Gasteiger partial charge in [-0.05, 0) is 37.1 Å². The van der Waals surface area contributed by atoms with E-state index in [1.165, 1.54) is 49.1 Å². The molecule has 0 aliphatic heterocycles. The SMILES string of the molecule is Cn1c(=O)c2nc(C(=O)NCCCCNC(=O)c3ccc(O)cc3)cnc2n(C)c1=O. The number of carbonyl (C=O) groups excluding carboxylic acids is 2. The summed E-state index contributed by atoms with van der Waals surface area (Å²) < 4.78 is 2.10. The van der Waals surface area contributed by atoms with Crippen molar-refractivity contribution < 1.29 is 14.7 Å². The van der Waals surface area contributed by atoms with Crippen LogP contribution >= 0.6 is 0 Å². The molecule has 3 N–H and O–H groups in total. The highest BCUT2D eigenvalue weighted by Crippen LogP contribution is 2.09. The van der Waals surface area contributed by atoms with Crippen LogP contribution in [0.1, 0.15) is 33.7 Å². The van der Waals surface area contributed by atoms with E-state index in [9.17, 15) is 24.3 Å². The maximum atomic E-state index is 12.3. The Labute approximate surface area is 176 Å². The maximum Gasteiger partial charge on any atom is 0.332 e. The molecule has 31 heavy (non-hydrogen) atoms. The van der Waals surface area contributed by atoms with Crippen LogP contribution in [0.25, 0.3) is 11.2 Å². The highest BCUT2D eigenvalue weighted by Gasteiger charge is 2.15. The normalized spacial score (nSPS) is 10.8. The van der Waals surface area contributed by atoms with E-state index in [4.69, 9.17) is 0 Å². The number of hydrogen-bond donors (Lipinski definition) is 3. The number of aromatic nitrogens is 4. The summed E-state index contributed by atoms with van der Waals surface area (Å²) >= 11 is 0. The summed E-state index contributed by atoms with van der Waals surface area (Å²) in [5.41, 5.74) is -0.678. The first kappa shape index (κ1) is 21.7. The van der Waals surface area contributed by atoms with Crippen LogP contribution in [-0.4, -0.2) is 49.1 Å². The van der Waals surface area contributed by atoms with E-state index < -0.39 is 17.2 Å². The minimum atomic E-state index is -0.621. The zero-order chi connectivity index (χ0) is 22.5. The van der Waals surface area contributed by atoms with Gasteiger partial charge in [0.1, 0.15) is 11.4 Å². The van der Waals surface area contributed by atoms with Crippen LogP contribution in [-0.2, 0) is 14.1 Å². The van der Waals surface area contributed by atoms with Crippen LogP contribution < -0.4 is 21.9 Å². The fraction of sp³-hybridized carbons (Fsp3) is 0.300. The van der Waals surface area contributed by atoms with E-state index in [1.54, 1.807) is 0 Å². The van der Waals surface area contributed by atoms with Crippen molar-refractivity contribution in [2.45, 2.75) is 12.8 Å². The lowest BCUT2D eigenvalue weighted by molar-refractivity contribution is 0.0937. The number of carbonyl (C=O) groups is 2. The summed E-state index contributed by atoms with van der Waals surface area (Å²) in [6.45, 7) is 0.772. The smallest absolute Gasteiger partial charge is 0.332 e. The number of aromatic hydroxyl groups is 1. The number of nitrogens with zero attached hydrogens (tertiary/aromatic N) is 4. The Balaban J connectivity index is 1.50. The van der Waals surface area contributed by atoms with Gasteiger partial charge in [-0.3, -0.25) is 23.5 Å².